The molecule has 25 nitrogen and oxygen atoms in total. The van der Waals surface area contributed by atoms with Crippen LogP contribution in [-0.2, 0) is 62.3 Å². The summed E-state index contributed by atoms with van der Waals surface area (Å²) < 4.78 is 47.8. The first kappa shape index (κ1) is 83.6. The van der Waals surface area contributed by atoms with Gasteiger partial charge in [-0.15, -0.1) is 23.2 Å². The molecule has 8 fully saturated rings. The summed E-state index contributed by atoms with van der Waals surface area (Å²) in [6.45, 7) is 7.14. The Labute approximate surface area is 622 Å². The summed E-state index contributed by atoms with van der Waals surface area (Å²) in [5.41, 5.74) is -1.57. The van der Waals surface area contributed by atoms with Crippen molar-refractivity contribution in [3.63, 3.8) is 0 Å². The van der Waals surface area contributed by atoms with E-state index in [1.807, 2.05) is 20.8 Å². The van der Waals surface area contributed by atoms with Crippen molar-refractivity contribution in [3.8, 4) is 0 Å². The van der Waals surface area contributed by atoms with Gasteiger partial charge in [0.05, 0.1) is 38.6 Å². The number of alkyl halides is 5. The van der Waals surface area contributed by atoms with Crippen LogP contribution in [0, 0.1) is 35.5 Å². The lowest BCUT2D eigenvalue weighted by Gasteiger charge is -2.42. The number of nitrogens with one attached hydrogen (secondary N) is 3. The average Bonchev–Trinajstić information content (AvgIpc) is 1.46. The summed E-state index contributed by atoms with van der Waals surface area (Å²) in [4.78, 5) is 194. The molecule has 0 aromatic rings. The van der Waals surface area contributed by atoms with Crippen LogP contribution in [0.3, 0.4) is 0 Å². The molecule has 4 aliphatic carbocycles. The van der Waals surface area contributed by atoms with Crippen LogP contribution in [0.4, 0.5) is 13.2 Å². The Balaban J connectivity index is 1.18. The van der Waals surface area contributed by atoms with Crippen molar-refractivity contribution in [3.05, 3.63) is 0 Å². The van der Waals surface area contributed by atoms with Crippen LogP contribution in [0.5, 0.6) is 0 Å². The van der Waals surface area contributed by atoms with E-state index in [0.29, 0.717) is 77.0 Å². The average molecular weight is 1510 g/mol. The zero-order valence-electron chi connectivity index (χ0n) is 63.0. The van der Waals surface area contributed by atoms with Crippen LogP contribution in [0.1, 0.15) is 195 Å². The number of rotatable bonds is 11. The maximum Gasteiger partial charge on any atom is 0.393 e. The molecule has 0 radical (unpaired) electrons. The van der Waals surface area contributed by atoms with E-state index in [4.69, 9.17) is 27.9 Å². The Morgan fingerprint density at radius 1 is 0.596 bits per heavy atom. The summed E-state index contributed by atoms with van der Waals surface area (Å²) >= 11 is 13.0. The second-order valence-electron chi connectivity index (χ2n) is 31.8. The number of carbonyl (C=O) groups excluding carboxylic acids is 12. The van der Waals surface area contributed by atoms with Gasteiger partial charge in [0.25, 0.3) is 0 Å². The third kappa shape index (κ3) is 20.4. The molecule has 586 valence electrons. The normalized spacial score (nSPS) is 31.9. The number of hydrogen-bond acceptors (Lipinski definition) is 13. The highest BCUT2D eigenvalue weighted by molar-refractivity contribution is 6.21. The standard InChI is InChI=1S/C74H117Cl2F3N12O13/c1-11-46(4)62-70(101)84(6)44-61(94)85(7)55-21-14-17-33-91(69(55)100)58(41-48-23-27-50(75)28-24-48)67(98)83(5)43-59(92)80-53(30-26-47-25-29-51(52(76)40-47)74(77,78)79)66(97)90-34-18-22-54(90)65(96)82-73(31-15-16-32-73)72(103)88(10)63(49-19-12-13-20-49)71(102)87(9)57(68(99)89-35-37-104-38-36-89)42-60(93)86(8)56(39-45(2)3)64(95)81-62/h45-58,62-63H,11-44H2,1-10H3,(H,80,92)(H,81,95)(H,82,96)/t46-,47?,48?,50?,51?,52?,53-,54-,55-,56-,57-,58-,62-,63-/m0/s1. The quantitative estimate of drug-likeness (QED) is 0.198. The highest BCUT2D eigenvalue weighted by atomic mass is 35.5. The number of morpholine rings is 1. The second kappa shape index (κ2) is 37.2. The maximum absolute atomic E-state index is 15.7. The Morgan fingerprint density at radius 2 is 1.21 bits per heavy atom. The van der Waals surface area contributed by atoms with Crippen molar-refractivity contribution in [1.29, 1.82) is 0 Å². The first-order valence-corrected chi connectivity index (χ1v) is 39.3. The minimum Gasteiger partial charge on any atom is -0.378 e. The molecule has 4 aliphatic heterocycles. The number of carbonyl (C=O) groups is 12. The molecule has 104 heavy (non-hydrogen) atoms. The molecule has 0 aromatic carbocycles. The minimum absolute atomic E-state index is 0.00559. The van der Waals surface area contributed by atoms with E-state index in [9.17, 15) is 32.3 Å². The van der Waals surface area contributed by atoms with E-state index < -0.39 is 174 Å². The molecule has 12 atom stereocenters. The van der Waals surface area contributed by atoms with Gasteiger partial charge in [0, 0.05) is 79.2 Å². The fourth-order valence-corrected chi connectivity index (χ4v) is 18.3. The van der Waals surface area contributed by atoms with Gasteiger partial charge in [-0.05, 0) is 158 Å². The van der Waals surface area contributed by atoms with Gasteiger partial charge in [0.15, 0.2) is 0 Å². The van der Waals surface area contributed by atoms with Gasteiger partial charge in [0.1, 0.15) is 53.9 Å². The van der Waals surface area contributed by atoms with E-state index in [1.165, 1.54) is 86.4 Å². The zero-order chi connectivity index (χ0) is 76.2. The summed E-state index contributed by atoms with van der Waals surface area (Å²) in [5.74, 6) is -10.7. The molecular formula is C74H117Cl2F3N12O13. The highest BCUT2D eigenvalue weighted by Gasteiger charge is 2.53. The molecule has 2 bridgehead atoms. The lowest BCUT2D eigenvalue weighted by atomic mass is 9.78. The topological polar surface area (TPSA) is 279 Å². The lowest BCUT2D eigenvalue weighted by Crippen LogP contribution is -2.65. The molecule has 4 heterocycles. The van der Waals surface area contributed by atoms with E-state index in [2.05, 4.69) is 16.0 Å². The lowest BCUT2D eigenvalue weighted by molar-refractivity contribution is -0.182. The Bertz CT molecular complexity index is 3060. The smallest absolute Gasteiger partial charge is 0.378 e. The number of likely N-dealkylation sites (N-methyl/N-ethyl adjacent to an activating group) is 6. The molecule has 8 rings (SSSR count). The zero-order valence-corrected chi connectivity index (χ0v) is 64.5. The first-order valence-electron chi connectivity index (χ1n) is 38.5. The van der Waals surface area contributed by atoms with E-state index >= 15 is 38.4 Å². The van der Waals surface area contributed by atoms with Crippen molar-refractivity contribution in [2.24, 2.45) is 35.5 Å². The van der Waals surface area contributed by atoms with E-state index in [1.54, 1.807) is 6.92 Å². The third-order valence-electron chi connectivity index (χ3n) is 24.2. The van der Waals surface area contributed by atoms with Crippen molar-refractivity contribution in [1.82, 2.24) is 60.0 Å². The van der Waals surface area contributed by atoms with Crippen molar-refractivity contribution in [2.75, 3.05) is 94.8 Å². The van der Waals surface area contributed by atoms with E-state index in [0.717, 1.165) is 12.8 Å². The van der Waals surface area contributed by atoms with Crippen molar-refractivity contribution < 1.29 is 75.4 Å². The summed E-state index contributed by atoms with van der Waals surface area (Å²) in [7, 11) is 8.69. The minimum atomic E-state index is -4.52. The van der Waals surface area contributed by atoms with Crippen LogP contribution in [0.2, 0.25) is 0 Å². The van der Waals surface area contributed by atoms with Gasteiger partial charge in [-0.1, -0.05) is 59.8 Å². The Kier molecular flexibility index (Phi) is 29.9. The highest BCUT2D eigenvalue weighted by Crippen LogP contribution is 2.44. The van der Waals surface area contributed by atoms with Crippen LogP contribution >= 0.6 is 23.2 Å². The van der Waals surface area contributed by atoms with Crippen LogP contribution < -0.4 is 16.0 Å². The largest absolute Gasteiger partial charge is 0.393 e. The fourth-order valence-electron chi connectivity index (χ4n) is 17.5. The maximum atomic E-state index is 15.7. The number of hydrogen-bond donors (Lipinski definition) is 3. The number of halogens is 5. The molecule has 12 amide bonds. The molecule has 3 unspecified atom stereocenters. The predicted molar refractivity (Wildman–Crippen MR) is 384 cm³/mol. The van der Waals surface area contributed by atoms with Gasteiger partial charge >= 0.3 is 6.18 Å². The molecule has 1 spiro atoms. The number of amides is 12. The molecule has 30 heteroatoms. The number of fused-ring (bicyclic) bond motifs is 3. The van der Waals surface area contributed by atoms with E-state index in [-0.39, 0.29) is 133 Å². The molecule has 4 saturated carbocycles. The summed E-state index contributed by atoms with van der Waals surface area (Å²) in [6.07, 6.45) is 3.93. The van der Waals surface area contributed by atoms with Gasteiger partial charge in [0.2, 0.25) is 70.9 Å². The molecule has 3 N–H and O–H groups in total. The molecule has 0 aromatic heterocycles. The Morgan fingerprint density at radius 3 is 1.84 bits per heavy atom. The summed E-state index contributed by atoms with van der Waals surface area (Å²) in [6, 6.07) is -9.77. The van der Waals surface area contributed by atoms with Crippen LogP contribution in [-0.4, -0.2) is 281 Å². The van der Waals surface area contributed by atoms with Crippen LogP contribution in [0.25, 0.3) is 0 Å². The second-order valence-corrected chi connectivity index (χ2v) is 33.0. The van der Waals surface area contributed by atoms with Crippen LogP contribution in [0.15, 0.2) is 0 Å². The monoisotopic (exact) mass is 1510 g/mol. The SMILES string of the molecule is CC[C@H](C)[C@@H]1NC(=O)[C@H](CC(C)C)N(C)C(=O)C[C@@H](C(=O)N2CCOCC2)N(C)C(=O)[C@H](C2CCCC2)N(C)C(=O)C2(CCCC2)NC(=O)[C@@H]2CCCN2C(=O)[C@H](CCC2CCC(C(F)(F)F)C(Cl)C2)NC(=O)CN(C)C(=O)[C@H](CC2CCC(Cl)CC2)N2CCCC[C@@H](C2=O)N(C)C(=O)CN(C)C1=O. The third-order valence-corrected chi connectivity index (χ3v) is 25.1. The van der Waals surface area contributed by atoms with Gasteiger partial charge in [-0.25, -0.2) is 0 Å². The number of nitrogens with zero attached hydrogens (tertiary/aromatic N) is 9. The molecule has 4 saturated heterocycles. The van der Waals surface area contributed by atoms with Crippen molar-refractivity contribution in [2.45, 2.75) is 265 Å². The predicted octanol–water partition coefficient (Wildman–Crippen LogP) is 6.08. The molecular weight excluding hydrogens is 1390 g/mol. The van der Waals surface area contributed by atoms with Crippen molar-refractivity contribution >= 4 is 94.1 Å². The fraction of sp³-hybridized carbons (Fsp3) is 0.838. The van der Waals surface area contributed by atoms with Gasteiger partial charge < -0.3 is 64.8 Å². The van der Waals surface area contributed by atoms with Gasteiger partial charge in [-0.2, -0.15) is 13.2 Å². The first-order chi connectivity index (χ1) is 49.2. The summed E-state index contributed by atoms with van der Waals surface area (Å²) in [5, 5.41) is 7.59. The van der Waals surface area contributed by atoms with Gasteiger partial charge in [-0.3, -0.25) is 57.5 Å². The molecule has 8 aliphatic rings. The number of ether oxygens (including phenoxy) is 1. The Hall–Kier alpha value is -6.03.